The molecule has 0 heterocycles. The van der Waals surface area contributed by atoms with Gasteiger partial charge in [0.15, 0.2) is 0 Å². The van der Waals surface area contributed by atoms with Gasteiger partial charge in [-0.1, -0.05) is 12.1 Å². The molecule has 1 rings (SSSR count). The Labute approximate surface area is 70.4 Å². The third kappa shape index (κ3) is 1.92. The van der Waals surface area contributed by atoms with Crippen molar-refractivity contribution in [3.05, 3.63) is 35.4 Å². The van der Waals surface area contributed by atoms with Gasteiger partial charge in [0.05, 0.1) is 12.1 Å². The zero-order valence-corrected chi connectivity index (χ0v) is 6.53. The molecule has 3 heteroatoms. The topological polar surface area (TPSA) is 49.7 Å². The summed E-state index contributed by atoms with van der Waals surface area (Å²) in [6, 6.07) is 6.66. The molecule has 0 saturated carbocycles. The zero-order valence-electron chi connectivity index (χ0n) is 6.53. The molecule has 0 amide bonds. The van der Waals surface area contributed by atoms with Gasteiger partial charge in [-0.2, -0.15) is 0 Å². The summed E-state index contributed by atoms with van der Waals surface area (Å²) in [5.41, 5.74) is 1.15. The maximum Gasteiger partial charge on any atom is 0.335 e. The van der Waals surface area contributed by atoms with Crippen LogP contribution in [0.3, 0.4) is 0 Å². The highest BCUT2D eigenvalue weighted by molar-refractivity contribution is 5.87. The predicted molar refractivity (Wildman–Crippen MR) is 46.7 cm³/mol. The first-order valence-corrected chi connectivity index (χ1v) is 3.49. The number of rotatable bonds is 3. The van der Waals surface area contributed by atoms with Crippen LogP contribution in [-0.4, -0.2) is 17.8 Å². The van der Waals surface area contributed by atoms with Gasteiger partial charge in [-0.25, -0.2) is 4.79 Å². The van der Waals surface area contributed by atoms with Crippen LogP contribution in [0.1, 0.15) is 15.9 Å². The lowest BCUT2D eigenvalue weighted by atomic mass is 10.1. The van der Waals surface area contributed by atoms with E-state index in [1.54, 1.807) is 18.2 Å². The van der Waals surface area contributed by atoms with Crippen molar-refractivity contribution in [3.63, 3.8) is 0 Å². The smallest absolute Gasteiger partial charge is 0.335 e. The molecule has 0 unspecified atom stereocenters. The normalized spacial score (nSPS) is 9.33. The van der Waals surface area contributed by atoms with E-state index >= 15 is 0 Å². The van der Waals surface area contributed by atoms with Gasteiger partial charge in [0, 0.05) is 0 Å². The van der Waals surface area contributed by atoms with Gasteiger partial charge in [-0.3, -0.25) is 4.99 Å². The van der Waals surface area contributed by atoms with Crippen LogP contribution in [0.25, 0.3) is 0 Å². The van der Waals surface area contributed by atoms with Gasteiger partial charge in [0.25, 0.3) is 0 Å². The van der Waals surface area contributed by atoms with Gasteiger partial charge in [0.1, 0.15) is 0 Å². The van der Waals surface area contributed by atoms with Gasteiger partial charge >= 0.3 is 5.97 Å². The quantitative estimate of drug-likeness (QED) is 0.688. The first-order valence-electron chi connectivity index (χ1n) is 3.49. The number of aromatic carboxylic acids is 1. The van der Waals surface area contributed by atoms with E-state index in [9.17, 15) is 4.79 Å². The molecular weight excluding hydrogens is 154 g/mol. The monoisotopic (exact) mass is 163 g/mol. The fourth-order valence-corrected chi connectivity index (χ4v) is 0.932. The van der Waals surface area contributed by atoms with E-state index in [0.717, 1.165) is 5.56 Å². The van der Waals surface area contributed by atoms with Gasteiger partial charge in [-0.05, 0) is 24.4 Å². The molecule has 0 radical (unpaired) electrons. The Morgan fingerprint density at radius 3 is 2.92 bits per heavy atom. The minimum atomic E-state index is -0.916. The van der Waals surface area contributed by atoms with E-state index in [0.29, 0.717) is 6.54 Å². The Morgan fingerprint density at radius 2 is 2.33 bits per heavy atom. The first kappa shape index (κ1) is 8.46. The molecule has 1 aromatic rings. The molecular formula is C9H9NO2. The fourth-order valence-electron chi connectivity index (χ4n) is 0.932. The highest BCUT2D eigenvalue weighted by atomic mass is 16.4. The average Bonchev–Trinajstić information content (AvgIpc) is 2.05. The number of nitrogens with zero attached hydrogens (tertiary/aromatic N) is 1. The highest BCUT2D eigenvalue weighted by Crippen LogP contribution is 2.05. The van der Waals surface area contributed by atoms with E-state index in [1.807, 2.05) is 6.07 Å². The lowest BCUT2D eigenvalue weighted by Gasteiger charge is -1.97. The maximum atomic E-state index is 10.5. The van der Waals surface area contributed by atoms with Crippen LogP contribution < -0.4 is 0 Å². The van der Waals surface area contributed by atoms with Crippen LogP contribution in [0.4, 0.5) is 0 Å². The zero-order chi connectivity index (χ0) is 8.97. The third-order valence-electron chi connectivity index (χ3n) is 1.47. The molecule has 12 heavy (non-hydrogen) atoms. The van der Waals surface area contributed by atoms with Crippen molar-refractivity contribution in [2.24, 2.45) is 4.99 Å². The standard InChI is InChI=1S/C9H9NO2/c1-10-6-7-3-2-4-8(5-7)9(11)12/h2-5H,1,6H2,(H,11,12). The molecule has 0 aliphatic carbocycles. The fraction of sp³-hybridized carbons (Fsp3) is 0.111. The minimum absolute atomic E-state index is 0.288. The summed E-state index contributed by atoms with van der Waals surface area (Å²) in [6.07, 6.45) is 0. The molecule has 0 saturated heterocycles. The first-order chi connectivity index (χ1) is 5.74. The van der Waals surface area contributed by atoms with Crippen LogP contribution in [0, 0.1) is 0 Å². The van der Waals surface area contributed by atoms with Gasteiger partial charge in [0.2, 0.25) is 0 Å². The SMILES string of the molecule is C=NCc1cccc(C(=O)O)c1. The summed E-state index contributed by atoms with van der Waals surface area (Å²) in [6.45, 7) is 3.79. The highest BCUT2D eigenvalue weighted by Gasteiger charge is 2.01. The van der Waals surface area contributed by atoms with Crippen LogP contribution in [0.15, 0.2) is 29.3 Å². The molecule has 0 bridgehead atoms. The molecule has 0 aromatic heterocycles. The van der Waals surface area contributed by atoms with Crippen LogP contribution >= 0.6 is 0 Å². The largest absolute Gasteiger partial charge is 0.478 e. The molecule has 3 nitrogen and oxygen atoms in total. The number of hydrogen-bond acceptors (Lipinski definition) is 2. The molecule has 0 aliphatic rings. The van der Waals surface area contributed by atoms with Crippen LogP contribution in [0.2, 0.25) is 0 Å². The van der Waals surface area contributed by atoms with Crippen molar-refractivity contribution >= 4 is 12.7 Å². The Morgan fingerprint density at radius 1 is 1.58 bits per heavy atom. The summed E-state index contributed by atoms with van der Waals surface area (Å²) in [7, 11) is 0. The summed E-state index contributed by atoms with van der Waals surface area (Å²) in [5, 5.41) is 8.63. The molecule has 62 valence electrons. The average molecular weight is 163 g/mol. The van der Waals surface area contributed by atoms with Crippen molar-refractivity contribution in [2.75, 3.05) is 0 Å². The summed E-state index contributed by atoms with van der Waals surface area (Å²) in [4.78, 5) is 14.2. The number of carboxylic acid groups (broad SMARTS) is 1. The second kappa shape index (κ2) is 3.67. The van der Waals surface area contributed by atoms with E-state index in [1.165, 1.54) is 0 Å². The van der Waals surface area contributed by atoms with Crippen molar-refractivity contribution in [2.45, 2.75) is 6.54 Å². The lowest BCUT2D eigenvalue weighted by molar-refractivity contribution is 0.0697. The molecule has 0 atom stereocenters. The molecule has 0 spiro atoms. The minimum Gasteiger partial charge on any atom is -0.478 e. The maximum absolute atomic E-state index is 10.5. The van der Waals surface area contributed by atoms with Crippen LogP contribution in [-0.2, 0) is 6.54 Å². The summed E-state index contributed by atoms with van der Waals surface area (Å²) < 4.78 is 0. The van der Waals surface area contributed by atoms with Gasteiger partial charge in [-0.15, -0.1) is 0 Å². The second-order valence-corrected chi connectivity index (χ2v) is 2.39. The van der Waals surface area contributed by atoms with Crippen LogP contribution in [0.5, 0.6) is 0 Å². The number of carboxylic acids is 1. The van der Waals surface area contributed by atoms with Crippen molar-refractivity contribution in [1.82, 2.24) is 0 Å². The van der Waals surface area contributed by atoms with Crippen molar-refractivity contribution in [1.29, 1.82) is 0 Å². The summed E-state index contributed by atoms with van der Waals surface area (Å²) >= 11 is 0. The number of benzene rings is 1. The predicted octanol–water partition coefficient (Wildman–Crippen LogP) is 1.59. The third-order valence-corrected chi connectivity index (χ3v) is 1.47. The number of hydrogen-bond donors (Lipinski definition) is 1. The summed E-state index contributed by atoms with van der Waals surface area (Å²) in [5.74, 6) is -0.916. The molecule has 1 aromatic carbocycles. The molecule has 0 fully saturated rings. The Balaban J connectivity index is 2.95. The van der Waals surface area contributed by atoms with E-state index in [-0.39, 0.29) is 5.56 Å². The van der Waals surface area contributed by atoms with Crippen molar-refractivity contribution in [3.8, 4) is 0 Å². The molecule has 1 N–H and O–H groups in total. The Hall–Kier alpha value is -1.64. The number of carbonyl (C=O) groups is 1. The van der Waals surface area contributed by atoms with E-state index in [2.05, 4.69) is 11.7 Å². The van der Waals surface area contributed by atoms with E-state index in [4.69, 9.17) is 5.11 Å². The van der Waals surface area contributed by atoms with Gasteiger partial charge < -0.3 is 5.11 Å². The Kier molecular flexibility index (Phi) is 2.58. The number of aliphatic imine (C=N–C) groups is 1. The van der Waals surface area contributed by atoms with Crippen molar-refractivity contribution < 1.29 is 9.90 Å². The molecule has 0 aliphatic heterocycles. The van der Waals surface area contributed by atoms with E-state index < -0.39 is 5.97 Å². The second-order valence-electron chi connectivity index (χ2n) is 2.39. The lowest BCUT2D eigenvalue weighted by Crippen LogP contribution is -1.96. The Bertz CT molecular complexity index is 307.